The van der Waals surface area contributed by atoms with E-state index in [4.69, 9.17) is 0 Å². The quantitative estimate of drug-likeness (QED) is 0.197. The van der Waals surface area contributed by atoms with Crippen LogP contribution in [0.5, 0.6) is 0 Å². The van der Waals surface area contributed by atoms with Gasteiger partial charge in [0, 0.05) is 11.8 Å². The van der Waals surface area contributed by atoms with Crippen LogP contribution in [-0.4, -0.2) is 32.2 Å². The molecule has 1 saturated heterocycles. The van der Waals surface area contributed by atoms with Crippen molar-refractivity contribution in [3.63, 3.8) is 0 Å². The molecule has 4 nitrogen and oxygen atoms in total. The highest BCUT2D eigenvalue weighted by molar-refractivity contribution is 6.03. The molecule has 1 aliphatic heterocycles. The lowest BCUT2D eigenvalue weighted by atomic mass is 9.78. The molecule has 1 heterocycles. The maximum atomic E-state index is 13.6. The zero-order valence-corrected chi connectivity index (χ0v) is 22.4. The number of rotatable bonds is 8. The number of carbonyl (C=O) groups is 1. The van der Waals surface area contributed by atoms with Gasteiger partial charge >= 0.3 is 0 Å². The van der Waals surface area contributed by atoms with Gasteiger partial charge in [-0.05, 0) is 77.6 Å². The fourth-order valence-corrected chi connectivity index (χ4v) is 5.27. The van der Waals surface area contributed by atoms with Crippen molar-refractivity contribution in [2.45, 2.75) is 25.0 Å². The van der Waals surface area contributed by atoms with Crippen molar-refractivity contribution in [2.24, 2.45) is 5.92 Å². The topological polar surface area (TPSA) is 40.5 Å². The average Bonchev–Trinajstić information content (AvgIpc) is 2.93. The van der Waals surface area contributed by atoms with E-state index in [2.05, 4.69) is 57.5 Å². The highest BCUT2D eigenvalue weighted by Crippen LogP contribution is 2.46. The van der Waals surface area contributed by atoms with Gasteiger partial charge in [-0.15, -0.1) is 0 Å². The second-order valence-electron chi connectivity index (χ2n) is 11.1. The molecule has 4 aromatic rings. The monoisotopic (exact) mass is 527 g/mol. The molecule has 0 saturated carbocycles. The van der Waals surface area contributed by atoms with Crippen LogP contribution in [-0.2, 0) is 4.79 Å². The van der Waals surface area contributed by atoms with Crippen molar-refractivity contribution in [2.75, 3.05) is 26.0 Å². The maximum Gasteiger partial charge on any atom is 0.233 e. The minimum absolute atomic E-state index is 0.0577. The van der Waals surface area contributed by atoms with Gasteiger partial charge in [-0.25, -0.2) is 8.78 Å². The van der Waals surface area contributed by atoms with Crippen molar-refractivity contribution in [1.29, 1.82) is 0 Å². The maximum absolute atomic E-state index is 13.6. The Morgan fingerprint density at radius 1 is 0.821 bits per heavy atom. The van der Waals surface area contributed by atoms with Gasteiger partial charge in [-0.1, -0.05) is 48.5 Å². The summed E-state index contributed by atoms with van der Waals surface area (Å²) < 4.78 is 27.6. The largest absolute Gasteiger partial charge is 0.388 e. The Morgan fingerprint density at radius 3 is 2.05 bits per heavy atom. The number of aliphatic hydroxyl groups is 1. The molecule has 0 aliphatic carbocycles. The SMILES string of the molecule is C[N+](C)(C)c1cccc(-c2ccc([C@@H]3[C@@H](CC[C@H](O)c4ccc(F)cc4)C(=O)N3c3ccc(F)cc3)cc2)c1. The molecule has 0 radical (unpaired) electrons. The molecule has 6 heteroatoms. The second kappa shape index (κ2) is 10.7. The smallest absolute Gasteiger partial charge is 0.233 e. The number of hydrogen-bond acceptors (Lipinski definition) is 2. The van der Waals surface area contributed by atoms with Crippen molar-refractivity contribution in [3.8, 4) is 11.1 Å². The first-order chi connectivity index (χ1) is 18.6. The Balaban J connectivity index is 1.40. The number of β-lactam (4-membered cyclic amide) rings is 1. The summed E-state index contributed by atoms with van der Waals surface area (Å²) in [5, 5.41) is 10.7. The van der Waals surface area contributed by atoms with Crippen LogP contribution in [0.2, 0.25) is 0 Å². The number of quaternary nitrogens is 1. The summed E-state index contributed by atoms with van der Waals surface area (Å²) in [6, 6.07) is 28.2. The van der Waals surface area contributed by atoms with E-state index in [1.165, 1.54) is 30.0 Å². The van der Waals surface area contributed by atoms with Crippen LogP contribution in [0.4, 0.5) is 20.2 Å². The minimum Gasteiger partial charge on any atom is -0.388 e. The Labute approximate surface area is 228 Å². The average molecular weight is 528 g/mol. The molecule has 200 valence electrons. The Kier molecular flexibility index (Phi) is 7.34. The molecular formula is C33H33F2N2O2+. The molecule has 5 rings (SSSR count). The molecule has 1 fully saturated rings. The van der Waals surface area contributed by atoms with Crippen molar-refractivity contribution in [3.05, 3.63) is 120 Å². The minimum atomic E-state index is -0.796. The Hall–Kier alpha value is -3.87. The van der Waals surface area contributed by atoms with Gasteiger partial charge in [0.05, 0.1) is 39.2 Å². The molecule has 3 atom stereocenters. The Morgan fingerprint density at radius 2 is 1.44 bits per heavy atom. The van der Waals surface area contributed by atoms with Crippen LogP contribution in [0.15, 0.2) is 97.1 Å². The predicted octanol–water partition coefficient (Wildman–Crippen LogP) is 7.05. The lowest BCUT2D eigenvalue weighted by Crippen LogP contribution is -2.55. The van der Waals surface area contributed by atoms with Crippen LogP contribution in [0.25, 0.3) is 11.1 Å². The van der Waals surface area contributed by atoms with E-state index in [0.717, 1.165) is 16.7 Å². The van der Waals surface area contributed by atoms with Crippen LogP contribution >= 0.6 is 0 Å². The molecule has 1 N–H and O–H groups in total. The first-order valence-corrected chi connectivity index (χ1v) is 13.2. The van der Waals surface area contributed by atoms with Crippen molar-refractivity contribution >= 4 is 17.3 Å². The fraction of sp³-hybridized carbons (Fsp3) is 0.242. The van der Waals surface area contributed by atoms with E-state index >= 15 is 0 Å². The van der Waals surface area contributed by atoms with Gasteiger partial charge in [0.25, 0.3) is 0 Å². The zero-order valence-electron chi connectivity index (χ0n) is 22.4. The van der Waals surface area contributed by atoms with E-state index in [0.29, 0.717) is 28.6 Å². The summed E-state index contributed by atoms with van der Waals surface area (Å²) in [6.07, 6.45) is 0.0356. The normalized spacial score (nSPS) is 18.1. The Bertz CT molecular complexity index is 1450. The summed E-state index contributed by atoms with van der Waals surface area (Å²) >= 11 is 0. The van der Waals surface area contributed by atoms with E-state index in [1.807, 2.05) is 12.1 Å². The van der Waals surface area contributed by atoms with Crippen LogP contribution < -0.4 is 9.38 Å². The van der Waals surface area contributed by atoms with Crippen molar-refractivity contribution < 1.29 is 18.7 Å². The molecule has 0 aromatic heterocycles. The predicted molar refractivity (Wildman–Crippen MR) is 152 cm³/mol. The highest BCUT2D eigenvalue weighted by atomic mass is 19.1. The van der Waals surface area contributed by atoms with Gasteiger partial charge in [0.1, 0.15) is 17.3 Å². The molecule has 1 aliphatic rings. The molecule has 1 amide bonds. The summed E-state index contributed by atoms with van der Waals surface area (Å²) in [7, 11) is 6.40. The number of carbonyl (C=O) groups excluding carboxylic acids is 1. The molecule has 4 aromatic carbocycles. The number of aliphatic hydroxyl groups excluding tert-OH is 1. The van der Waals surface area contributed by atoms with E-state index in [1.54, 1.807) is 29.2 Å². The zero-order chi connectivity index (χ0) is 27.7. The van der Waals surface area contributed by atoms with E-state index < -0.39 is 6.10 Å². The summed E-state index contributed by atoms with van der Waals surface area (Å²) in [5.74, 6) is -1.11. The number of halogens is 2. The van der Waals surface area contributed by atoms with Crippen LogP contribution in [0.3, 0.4) is 0 Å². The van der Waals surface area contributed by atoms with Crippen LogP contribution in [0.1, 0.15) is 36.1 Å². The summed E-state index contributed by atoms with van der Waals surface area (Å²) in [4.78, 5) is 15.1. The molecular weight excluding hydrogens is 494 g/mol. The summed E-state index contributed by atoms with van der Waals surface area (Å²) in [5.41, 5.74) is 5.63. The molecule has 0 spiro atoms. The number of hydrogen-bond donors (Lipinski definition) is 1. The third-order valence-electron chi connectivity index (χ3n) is 7.53. The third kappa shape index (κ3) is 5.63. The van der Waals surface area contributed by atoms with Gasteiger partial charge in [0.2, 0.25) is 5.91 Å². The van der Waals surface area contributed by atoms with Crippen LogP contribution in [0, 0.1) is 17.6 Å². The lowest BCUT2D eigenvalue weighted by molar-refractivity contribution is -0.131. The first kappa shape index (κ1) is 26.7. The second-order valence-corrected chi connectivity index (χ2v) is 11.1. The fourth-order valence-electron chi connectivity index (χ4n) is 5.27. The highest BCUT2D eigenvalue weighted by Gasteiger charge is 2.48. The van der Waals surface area contributed by atoms with Gasteiger partial charge < -0.3 is 10.0 Å². The van der Waals surface area contributed by atoms with E-state index in [-0.39, 0.29) is 29.5 Å². The third-order valence-corrected chi connectivity index (χ3v) is 7.53. The molecule has 0 bridgehead atoms. The number of amides is 1. The standard InChI is InChI=1S/C33H33F2N2O2/c1-37(2,3)29-6-4-5-25(21-29)22-7-9-24(10-8-22)32-30(19-20-31(38)23-11-13-26(34)14-12-23)33(39)36(32)28-17-15-27(35)16-18-28/h4-18,21,30-32,38H,19-20H2,1-3H3/q+1/t30-,31+,32-/m1/s1. The number of benzene rings is 4. The molecule has 39 heavy (non-hydrogen) atoms. The van der Waals surface area contributed by atoms with Crippen molar-refractivity contribution in [1.82, 2.24) is 4.48 Å². The molecule has 0 unspecified atom stereocenters. The summed E-state index contributed by atoms with van der Waals surface area (Å²) in [6.45, 7) is 0. The number of anilines is 1. The first-order valence-electron chi connectivity index (χ1n) is 13.2. The van der Waals surface area contributed by atoms with Gasteiger partial charge in [-0.3, -0.25) is 9.28 Å². The van der Waals surface area contributed by atoms with E-state index in [9.17, 15) is 18.7 Å². The lowest BCUT2D eigenvalue weighted by Gasteiger charge is -2.48. The number of nitrogens with zero attached hydrogens (tertiary/aromatic N) is 2. The van der Waals surface area contributed by atoms with Gasteiger partial charge in [0.15, 0.2) is 0 Å². The van der Waals surface area contributed by atoms with Gasteiger partial charge in [-0.2, -0.15) is 0 Å².